The molecule has 0 spiro atoms. The summed E-state index contributed by atoms with van der Waals surface area (Å²) < 4.78 is 5.41. The Morgan fingerprint density at radius 2 is 1.90 bits per heavy atom. The number of rotatable bonds is 4. The molecule has 2 rings (SSSR count). The summed E-state index contributed by atoms with van der Waals surface area (Å²) in [5.74, 6) is 1.09. The molecule has 0 unspecified atom stereocenters. The summed E-state index contributed by atoms with van der Waals surface area (Å²) in [5.41, 5.74) is 4.67. The van der Waals surface area contributed by atoms with Crippen molar-refractivity contribution in [2.45, 2.75) is 27.3 Å². The normalized spacial score (nSPS) is 10.4. The molecular formula is C16H20N2O2. The molecular weight excluding hydrogens is 252 g/mol. The van der Waals surface area contributed by atoms with E-state index in [1.54, 1.807) is 19.2 Å². The molecule has 0 atom stereocenters. The van der Waals surface area contributed by atoms with Gasteiger partial charge in [0, 0.05) is 16.9 Å². The molecule has 1 aromatic carbocycles. The minimum Gasteiger partial charge on any atom is -0.506 e. The summed E-state index contributed by atoms with van der Waals surface area (Å²) in [6.07, 6.45) is 0. The van der Waals surface area contributed by atoms with Gasteiger partial charge >= 0.3 is 0 Å². The molecule has 1 aromatic heterocycles. The first-order valence-corrected chi connectivity index (χ1v) is 6.56. The molecule has 4 nitrogen and oxygen atoms in total. The fraction of sp³-hybridized carbons (Fsp3) is 0.312. The topological polar surface area (TPSA) is 54.4 Å². The number of hydrogen-bond acceptors (Lipinski definition) is 4. The van der Waals surface area contributed by atoms with Crippen molar-refractivity contribution in [3.05, 3.63) is 46.8 Å². The van der Waals surface area contributed by atoms with Gasteiger partial charge in [-0.3, -0.25) is 4.98 Å². The molecule has 0 fully saturated rings. The Kier molecular flexibility index (Phi) is 4.13. The first kappa shape index (κ1) is 14.2. The maximum absolute atomic E-state index is 9.80. The fourth-order valence-corrected chi connectivity index (χ4v) is 2.24. The van der Waals surface area contributed by atoms with Crippen molar-refractivity contribution in [2.24, 2.45) is 0 Å². The van der Waals surface area contributed by atoms with Crippen molar-refractivity contribution in [3.8, 4) is 11.5 Å². The number of benzene rings is 1. The molecule has 4 heteroatoms. The van der Waals surface area contributed by atoms with Crippen LogP contribution in [-0.2, 0) is 6.54 Å². The largest absolute Gasteiger partial charge is 0.506 e. The average Bonchev–Trinajstić information content (AvgIpc) is 2.42. The lowest BCUT2D eigenvalue weighted by Crippen LogP contribution is -2.05. The van der Waals surface area contributed by atoms with E-state index in [-0.39, 0.29) is 5.75 Å². The van der Waals surface area contributed by atoms with Crippen LogP contribution >= 0.6 is 0 Å². The zero-order chi connectivity index (χ0) is 14.7. The number of nitrogens with zero attached hydrogens (tertiary/aromatic N) is 1. The third kappa shape index (κ3) is 2.85. The Hall–Kier alpha value is -2.23. The molecule has 2 N–H and O–H groups in total. The molecule has 0 aliphatic rings. The lowest BCUT2D eigenvalue weighted by molar-refractivity contribution is 0.409. The summed E-state index contributed by atoms with van der Waals surface area (Å²) >= 11 is 0. The van der Waals surface area contributed by atoms with Crippen LogP contribution in [0.5, 0.6) is 11.5 Å². The van der Waals surface area contributed by atoms with E-state index < -0.39 is 0 Å². The smallest absolute Gasteiger partial charge is 0.138 e. The van der Waals surface area contributed by atoms with Gasteiger partial charge in [-0.2, -0.15) is 0 Å². The first-order chi connectivity index (χ1) is 9.52. The predicted octanol–water partition coefficient (Wildman–Crippen LogP) is 3.33. The van der Waals surface area contributed by atoms with E-state index in [1.807, 2.05) is 32.9 Å². The van der Waals surface area contributed by atoms with Crippen LogP contribution in [0.2, 0.25) is 0 Å². The highest BCUT2D eigenvalue weighted by molar-refractivity contribution is 5.59. The minimum absolute atomic E-state index is 0.208. The van der Waals surface area contributed by atoms with Gasteiger partial charge in [-0.05, 0) is 44.5 Å². The van der Waals surface area contributed by atoms with E-state index in [0.717, 1.165) is 28.3 Å². The van der Waals surface area contributed by atoms with Crippen LogP contribution in [0.25, 0.3) is 0 Å². The van der Waals surface area contributed by atoms with Crippen molar-refractivity contribution in [2.75, 3.05) is 12.4 Å². The first-order valence-electron chi connectivity index (χ1n) is 6.56. The van der Waals surface area contributed by atoms with Crippen LogP contribution in [0, 0.1) is 20.8 Å². The summed E-state index contributed by atoms with van der Waals surface area (Å²) in [6, 6.07) is 7.48. The van der Waals surface area contributed by atoms with Gasteiger partial charge in [0.2, 0.25) is 0 Å². The van der Waals surface area contributed by atoms with Crippen LogP contribution < -0.4 is 10.1 Å². The van der Waals surface area contributed by atoms with Crippen molar-refractivity contribution in [1.82, 2.24) is 4.98 Å². The number of hydrogen-bond donors (Lipinski definition) is 2. The van der Waals surface area contributed by atoms with Crippen LogP contribution in [-0.4, -0.2) is 17.2 Å². The van der Waals surface area contributed by atoms with E-state index in [9.17, 15) is 5.11 Å². The predicted molar refractivity (Wildman–Crippen MR) is 80.4 cm³/mol. The molecule has 0 aliphatic heterocycles. The fourth-order valence-electron chi connectivity index (χ4n) is 2.24. The lowest BCUT2D eigenvalue weighted by atomic mass is 10.1. The zero-order valence-electron chi connectivity index (χ0n) is 12.3. The van der Waals surface area contributed by atoms with Gasteiger partial charge in [0.05, 0.1) is 13.7 Å². The summed E-state index contributed by atoms with van der Waals surface area (Å²) in [6.45, 7) is 6.41. The molecule has 0 bridgehead atoms. The molecule has 2 aromatic rings. The van der Waals surface area contributed by atoms with Gasteiger partial charge < -0.3 is 15.2 Å². The van der Waals surface area contributed by atoms with Crippen LogP contribution in [0.15, 0.2) is 24.3 Å². The second-order valence-electron chi connectivity index (χ2n) is 4.86. The molecule has 0 amide bonds. The van der Waals surface area contributed by atoms with E-state index in [2.05, 4.69) is 10.3 Å². The molecule has 0 radical (unpaired) electrons. The molecule has 1 heterocycles. The second-order valence-corrected chi connectivity index (χ2v) is 4.86. The number of methoxy groups -OCH3 is 1. The van der Waals surface area contributed by atoms with Crippen LogP contribution in [0.4, 0.5) is 5.69 Å². The highest BCUT2D eigenvalue weighted by atomic mass is 16.5. The van der Waals surface area contributed by atoms with E-state index in [1.165, 1.54) is 0 Å². The van der Waals surface area contributed by atoms with Gasteiger partial charge in [-0.25, -0.2) is 0 Å². The third-order valence-electron chi connectivity index (χ3n) is 3.34. The maximum Gasteiger partial charge on any atom is 0.138 e. The number of ether oxygens (including phenoxy) is 1. The summed E-state index contributed by atoms with van der Waals surface area (Å²) in [4.78, 5) is 4.33. The van der Waals surface area contributed by atoms with Gasteiger partial charge in [-0.15, -0.1) is 0 Å². The van der Waals surface area contributed by atoms with Crippen LogP contribution in [0.1, 0.15) is 22.5 Å². The standard InChI is InChI=1S/C16H20N2O2/c1-10-5-7-13(12(3)16(10)20-4)17-9-14-15(19)8-6-11(2)18-14/h5-8,17,19H,9H2,1-4H3. The van der Waals surface area contributed by atoms with E-state index in [0.29, 0.717) is 12.2 Å². The third-order valence-corrected chi connectivity index (χ3v) is 3.34. The van der Waals surface area contributed by atoms with Crippen LogP contribution in [0.3, 0.4) is 0 Å². The van der Waals surface area contributed by atoms with Gasteiger partial charge in [0.1, 0.15) is 17.2 Å². The highest BCUT2D eigenvalue weighted by Crippen LogP contribution is 2.29. The van der Waals surface area contributed by atoms with Crippen molar-refractivity contribution in [3.63, 3.8) is 0 Å². The van der Waals surface area contributed by atoms with Gasteiger partial charge in [-0.1, -0.05) is 6.07 Å². The van der Waals surface area contributed by atoms with Gasteiger partial charge in [0.25, 0.3) is 0 Å². The summed E-state index contributed by atoms with van der Waals surface area (Å²) in [7, 11) is 1.67. The van der Waals surface area contributed by atoms with E-state index in [4.69, 9.17) is 4.74 Å². The van der Waals surface area contributed by atoms with Crippen molar-refractivity contribution in [1.29, 1.82) is 0 Å². The summed E-state index contributed by atoms with van der Waals surface area (Å²) in [5, 5.41) is 13.1. The van der Waals surface area contributed by atoms with Crippen molar-refractivity contribution < 1.29 is 9.84 Å². The Bertz CT molecular complexity index is 624. The van der Waals surface area contributed by atoms with Crippen molar-refractivity contribution >= 4 is 5.69 Å². The number of aromatic hydroxyl groups is 1. The Balaban J connectivity index is 2.21. The maximum atomic E-state index is 9.80. The number of pyridine rings is 1. The molecule has 0 saturated carbocycles. The number of anilines is 1. The highest BCUT2D eigenvalue weighted by Gasteiger charge is 2.09. The average molecular weight is 272 g/mol. The minimum atomic E-state index is 0.208. The zero-order valence-corrected chi connectivity index (χ0v) is 12.3. The quantitative estimate of drug-likeness (QED) is 0.896. The molecule has 20 heavy (non-hydrogen) atoms. The SMILES string of the molecule is COc1c(C)ccc(NCc2nc(C)ccc2O)c1C. The van der Waals surface area contributed by atoms with Gasteiger partial charge in [0.15, 0.2) is 0 Å². The Labute approximate surface area is 119 Å². The number of aromatic nitrogens is 1. The Morgan fingerprint density at radius 1 is 1.15 bits per heavy atom. The second kappa shape index (κ2) is 5.82. The number of aryl methyl sites for hydroxylation is 2. The molecule has 106 valence electrons. The Morgan fingerprint density at radius 3 is 2.60 bits per heavy atom. The lowest BCUT2D eigenvalue weighted by Gasteiger charge is -2.15. The molecule has 0 saturated heterocycles. The van der Waals surface area contributed by atoms with E-state index >= 15 is 0 Å². The monoisotopic (exact) mass is 272 g/mol. The molecule has 0 aliphatic carbocycles. The number of nitrogens with one attached hydrogen (secondary N) is 1.